The van der Waals surface area contributed by atoms with E-state index in [9.17, 15) is 4.39 Å². The van der Waals surface area contributed by atoms with Crippen molar-refractivity contribution < 1.29 is 28.1 Å². The lowest BCUT2D eigenvalue weighted by Crippen LogP contribution is -2.35. The van der Waals surface area contributed by atoms with Crippen molar-refractivity contribution in [2.24, 2.45) is 0 Å². The molecule has 0 atom stereocenters. The predicted molar refractivity (Wildman–Crippen MR) is 180 cm³/mol. The van der Waals surface area contributed by atoms with Crippen LogP contribution in [-0.4, -0.2) is 28.4 Å². The second-order valence-corrected chi connectivity index (χ2v) is 11.9. The summed E-state index contributed by atoms with van der Waals surface area (Å²) in [6, 6.07) is 25.2. The van der Waals surface area contributed by atoms with Crippen molar-refractivity contribution >= 4 is 16.8 Å². The van der Waals surface area contributed by atoms with Gasteiger partial charge >= 0.3 is 0 Å². The van der Waals surface area contributed by atoms with Gasteiger partial charge in [0.05, 0.1) is 28.4 Å². The molecule has 0 radical (unpaired) electrons. The molecule has 0 bridgehead atoms. The quantitative estimate of drug-likeness (QED) is 0.174. The zero-order chi connectivity index (χ0) is 32.2. The lowest BCUT2D eigenvalue weighted by Gasteiger charge is -2.39. The van der Waals surface area contributed by atoms with E-state index in [2.05, 4.69) is 26.0 Å². The molecule has 1 aliphatic carbocycles. The number of methoxy groups -OCH3 is 4. The highest BCUT2D eigenvalue weighted by molar-refractivity contribution is 6.09. The van der Waals surface area contributed by atoms with E-state index in [-0.39, 0.29) is 5.82 Å². The monoisotopic (exact) mass is 616 g/mol. The first-order valence-corrected chi connectivity index (χ1v) is 15.6. The van der Waals surface area contributed by atoms with Gasteiger partial charge < -0.3 is 23.7 Å². The highest BCUT2D eigenvalue weighted by Crippen LogP contribution is 2.61. The van der Waals surface area contributed by atoms with E-state index >= 15 is 0 Å². The molecule has 5 nitrogen and oxygen atoms in total. The summed E-state index contributed by atoms with van der Waals surface area (Å²) in [5.41, 5.74) is 5.78. The minimum atomic E-state index is -0.974. The average molecular weight is 617 g/mol. The van der Waals surface area contributed by atoms with Gasteiger partial charge in [0.2, 0.25) is 0 Å². The lowest BCUT2D eigenvalue weighted by molar-refractivity contribution is 0.163. The zero-order valence-corrected chi connectivity index (χ0v) is 27.0. The number of hydrogen-bond acceptors (Lipinski definition) is 5. The van der Waals surface area contributed by atoms with Crippen molar-refractivity contribution in [1.82, 2.24) is 0 Å². The Labute approximate surface area is 269 Å². The molecule has 0 N–H and O–H groups in total. The van der Waals surface area contributed by atoms with E-state index in [1.165, 1.54) is 0 Å². The molecule has 0 saturated carbocycles. The number of benzene rings is 5. The number of fused-ring (bicyclic) bond motifs is 8. The SMILES string of the molecule is CCC1(CC)c2cc(F)ccc2-c2c1c1c(c3cc(OC)c(OC)cc23)OC(c2ccc(OC)cc2)(c2ccc(OC)cc2)C=C1. The van der Waals surface area contributed by atoms with E-state index in [1.54, 1.807) is 40.6 Å². The van der Waals surface area contributed by atoms with Crippen LogP contribution in [0.2, 0.25) is 0 Å². The van der Waals surface area contributed by atoms with Crippen molar-refractivity contribution in [1.29, 1.82) is 0 Å². The van der Waals surface area contributed by atoms with Crippen LogP contribution in [0.1, 0.15) is 54.5 Å². The first kappa shape index (κ1) is 29.7. The molecule has 7 rings (SSSR count). The minimum Gasteiger partial charge on any atom is -0.497 e. The maximum atomic E-state index is 15.0. The molecular formula is C40H37FO5. The largest absolute Gasteiger partial charge is 0.497 e. The third kappa shape index (κ3) is 4.12. The van der Waals surface area contributed by atoms with Gasteiger partial charge in [-0.3, -0.25) is 0 Å². The molecule has 46 heavy (non-hydrogen) atoms. The predicted octanol–water partition coefficient (Wildman–Crippen LogP) is 9.45. The van der Waals surface area contributed by atoms with Gasteiger partial charge in [0.15, 0.2) is 17.1 Å². The molecule has 234 valence electrons. The summed E-state index contributed by atoms with van der Waals surface area (Å²) in [5, 5.41) is 1.86. The van der Waals surface area contributed by atoms with Crippen molar-refractivity contribution in [3.63, 3.8) is 0 Å². The van der Waals surface area contributed by atoms with Crippen molar-refractivity contribution in [3.8, 4) is 39.9 Å². The summed E-state index contributed by atoms with van der Waals surface area (Å²) in [7, 11) is 6.60. The molecule has 2 aliphatic rings. The normalized spacial score (nSPS) is 15.0. The van der Waals surface area contributed by atoms with Gasteiger partial charge in [-0.25, -0.2) is 4.39 Å². The van der Waals surface area contributed by atoms with Crippen LogP contribution >= 0.6 is 0 Å². The smallest absolute Gasteiger partial charge is 0.178 e. The molecule has 5 aromatic carbocycles. The number of hydrogen-bond donors (Lipinski definition) is 0. The Balaban J connectivity index is 1.60. The molecule has 0 unspecified atom stereocenters. The van der Waals surface area contributed by atoms with Gasteiger partial charge in [-0.1, -0.05) is 50.3 Å². The fraction of sp³-hybridized carbons (Fsp3) is 0.250. The minimum absolute atomic E-state index is 0.236. The maximum absolute atomic E-state index is 15.0. The molecule has 6 heteroatoms. The number of halogens is 1. The van der Waals surface area contributed by atoms with Crippen molar-refractivity contribution in [2.45, 2.75) is 37.7 Å². The fourth-order valence-corrected chi connectivity index (χ4v) is 7.65. The summed E-state index contributed by atoms with van der Waals surface area (Å²) >= 11 is 0. The van der Waals surface area contributed by atoms with E-state index in [0.717, 1.165) is 79.8 Å². The van der Waals surface area contributed by atoms with Gasteiger partial charge in [-0.05, 0) is 95.1 Å². The van der Waals surface area contributed by atoms with Gasteiger partial charge in [-0.15, -0.1) is 0 Å². The molecule has 0 fully saturated rings. The highest BCUT2D eigenvalue weighted by atomic mass is 19.1. The lowest BCUT2D eigenvalue weighted by atomic mass is 9.71. The number of ether oxygens (including phenoxy) is 5. The Bertz CT molecular complexity index is 1940. The Morgan fingerprint density at radius 2 is 1.24 bits per heavy atom. The third-order valence-electron chi connectivity index (χ3n) is 10.0. The van der Waals surface area contributed by atoms with Gasteiger partial charge in [0.1, 0.15) is 23.1 Å². The molecule has 1 heterocycles. The van der Waals surface area contributed by atoms with E-state index in [4.69, 9.17) is 23.7 Å². The van der Waals surface area contributed by atoms with Crippen molar-refractivity contribution in [3.05, 3.63) is 119 Å². The Kier molecular flexibility index (Phi) is 7.19. The van der Waals surface area contributed by atoms with E-state index in [1.807, 2.05) is 66.7 Å². The summed E-state index contributed by atoms with van der Waals surface area (Å²) in [4.78, 5) is 0. The summed E-state index contributed by atoms with van der Waals surface area (Å²) in [6.45, 7) is 4.37. The van der Waals surface area contributed by atoms with Gasteiger partial charge in [-0.2, -0.15) is 0 Å². The van der Waals surface area contributed by atoms with E-state index < -0.39 is 11.0 Å². The molecular weight excluding hydrogens is 579 g/mol. The summed E-state index contributed by atoms with van der Waals surface area (Å²) in [6.07, 6.45) is 5.94. The Hall–Kier alpha value is -4.97. The molecule has 0 amide bonds. The van der Waals surface area contributed by atoms with Crippen LogP contribution in [0.5, 0.6) is 28.7 Å². The van der Waals surface area contributed by atoms with Crippen LogP contribution in [0.3, 0.4) is 0 Å². The molecule has 1 aliphatic heterocycles. The fourth-order valence-electron chi connectivity index (χ4n) is 7.65. The average Bonchev–Trinajstić information content (AvgIpc) is 3.40. The van der Waals surface area contributed by atoms with Crippen LogP contribution in [0, 0.1) is 5.82 Å². The second kappa shape index (κ2) is 11.1. The topological polar surface area (TPSA) is 46.2 Å². The Morgan fingerprint density at radius 1 is 0.674 bits per heavy atom. The first-order valence-electron chi connectivity index (χ1n) is 15.6. The third-order valence-corrected chi connectivity index (χ3v) is 10.0. The molecule has 0 aromatic heterocycles. The Morgan fingerprint density at radius 3 is 1.76 bits per heavy atom. The molecule has 5 aromatic rings. The van der Waals surface area contributed by atoms with Crippen LogP contribution in [-0.2, 0) is 11.0 Å². The van der Waals surface area contributed by atoms with Crippen LogP contribution < -0.4 is 23.7 Å². The highest BCUT2D eigenvalue weighted by Gasteiger charge is 2.47. The van der Waals surface area contributed by atoms with Crippen LogP contribution in [0.15, 0.2) is 84.9 Å². The summed E-state index contributed by atoms with van der Waals surface area (Å²) < 4.78 is 45.0. The standard InChI is InChI=1S/C40H37FO5/c1-7-39(8-2)33-21-26(41)13-18-29(33)36-31-22-34(44-5)35(45-6)23-32(31)38-30(37(36)39)19-20-40(46-38,24-9-14-27(42-3)15-10-24)25-11-16-28(43-4)17-12-25/h9-23H,7-8H2,1-6H3. The molecule has 0 spiro atoms. The van der Waals surface area contributed by atoms with E-state index in [0.29, 0.717) is 11.5 Å². The van der Waals surface area contributed by atoms with Gasteiger partial charge in [0, 0.05) is 27.5 Å². The first-order chi connectivity index (χ1) is 22.4. The van der Waals surface area contributed by atoms with Gasteiger partial charge in [0.25, 0.3) is 0 Å². The summed E-state index contributed by atoms with van der Waals surface area (Å²) in [5.74, 6) is 3.24. The number of rotatable bonds is 8. The van der Waals surface area contributed by atoms with Crippen LogP contribution in [0.4, 0.5) is 4.39 Å². The zero-order valence-electron chi connectivity index (χ0n) is 27.0. The second-order valence-electron chi connectivity index (χ2n) is 11.9. The molecule has 0 saturated heterocycles. The maximum Gasteiger partial charge on any atom is 0.178 e. The van der Waals surface area contributed by atoms with Crippen LogP contribution in [0.25, 0.3) is 28.0 Å². The van der Waals surface area contributed by atoms with Crippen molar-refractivity contribution in [2.75, 3.05) is 28.4 Å².